The zero-order valence-corrected chi connectivity index (χ0v) is 8.57. The number of nitrogens with two attached hydrogens (primary N) is 1. The quantitative estimate of drug-likeness (QED) is 0.705. The normalized spacial score (nSPS) is 14.6. The lowest BCUT2D eigenvalue weighted by Gasteiger charge is -2.21. The predicted molar refractivity (Wildman–Crippen MR) is 52.5 cm³/mol. The number of pyridine rings is 1. The van der Waals surface area contributed by atoms with Crippen molar-refractivity contribution in [3.63, 3.8) is 0 Å². The molecule has 0 aliphatic carbocycles. The lowest BCUT2D eigenvalue weighted by molar-refractivity contribution is -0.146. The van der Waals surface area contributed by atoms with E-state index in [0.717, 1.165) is 5.56 Å². The topological polar surface area (TPSA) is 65.2 Å². The Morgan fingerprint density at radius 2 is 2.21 bits per heavy atom. The average molecular weight is 194 g/mol. The van der Waals surface area contributed by atoms with Gasteiger partial charge in [-0.25, -0.2) is 4.79 Å². The number of carbonyl (C=O) groups excluding carboxylic acids is 1. The van der Waals surface area contributed by atoms with Crippen LogP contribution in [0.25, 0.3) is 0 Å². The number of nitrogens with zero attached hydrogens (tertiary/aromatic N) is 1. The molecule has 0 amide bonds. The molecule has 1 rings (SSSR count). The van der Waals surface area contributed by atoms with Crippen molar-refractivity contribution in [1.29, 1.82) is 0 Å². The van der Waals surface area contributed by atoms with Crippen molar-refractivity contribution < 1.29 is 9.53 Å². The van der Waals surface area contributed by atoms with E-state index in [0.29, 0.717) is 5.56 Å². The molecule has 4 nitrogen and oxygen atoms in total. The van der Waals surface area contributed by atoms with Crippen LogP contribution in [0.5, 0.6) is 0 Å². The van der Waals surface area contributed by atoms with Crippen molar-refractivity contribution in [2.24, 2.45) is 5.73 Å². The number of esters is 1. The van der Waals surface area contributed by atoms with Gasteiger partial charge in [-0.3, -0.25) is 4.98 Å². The van der Waals surface area contributed by atoms with Gasteiger partial charge in [-0.05, 0) is 19.4 Å². The van der Waals surface area contributed by atoms with Crippen LogP contribution in [-0.2, 0) is 15.1 Å². The van der Waals surface area contributed by atoms with Gasteiger partial charge in [-0.15, -0.1) is 0 Å². The van der Waals surface area contributed by atoms with Gasteiger partial charge in [0.1, 0.15) is 5.54 Å². The minimum Gasteiger partial charge on any atom is -0.467 e. The zero-order valence-electron chi connectivity index (χ0n) is 8.57. The maximum absolute atomic E-state index is 11.4. The van der Waals surface area contributed by atoms with Gasteiger partial charge < -0.3 is 10.5 Å². The second-order valence-electron chi connectivity index (χ2n) is 3.44. The van der Waals surface area contributed by atoms with E-state index in [-0.39, 0.29) is 0 Å². The zero-order chi connectivity index (χ0) is 10.8. The second-order valence-corrected chi connectivity index (χ2v) is 3.44. The minimum absolute atomic E-state index is 0.468. The van der Waals surface area contributed by atoms with Crippen molar-refractivity contribution in [2.75, 3.05) is 7.11 Å². The van der Waals surface area contributed by atoms with Crippen molar-refractivity contribution >= 4 is 5.97 Å². The number of hydrogen-bond acceptors (Lipinski definition) is 4. The fraction of sp³-hybridized carbons (Fsp3) is 0.400. The molecule has 0 saturated carbocycles. The third-order valence-electron chi connectivity index (χ3n) is 2.08. The summed E-state index contributed by atoms with van der Waals surface area (Å²) < 4.78 is 4.62. The minimum atomic E-state index is -1.13. The number of aryl methyl sites for hydroxylation is 1. The van der Waals surface area contributed by atoms with Gasteiger partial charge in [-0.1, -0.05) is 6.07 Å². The molecule has 76 valence electrons. The molecule has 0 radical (unpaired) electrons. The predicted octanol–water partition coefficient (Wildman–Crippen LogP) is 0.737. The van der Waals surface area contributed by atoms with Crippen molar-refractivity contribution in [3.05, 3.63) is 29.6 Å². The van der Waals surface area contributed by atoms with E-state index in [9.17, 15) is 4.79 Å². The fourth-order valence-corrected chi connectivity index (χ4v) is 1.17. The average Bonchev–Trinajstić information content (AvgIpc) is 2.16. The molecular formula is C10H14N2O2. The van der Waals surface area contributed by atoms with Crippen LogP contribution in [0, 0.1) is 6.92 Å². The van der Waals surface area contributed by atoms with Crippen LogP contribution in [0.15, 0.2) is 18.5 Å². The highest BCUT2D eigenvalue weighted by atomic mass is 16.5. The molecule has 1 heterocycles. The third-order valence-corrected chi connectivity index (χ3v) is 2.08. The van der Waals surface area contributed by atoms with E-state index in [1.807, 2.05) is 13.0 Å². The van der Waals surface area contributed by atoms with E-state index in [1.54, 1.807) is 19.3 Å². The molecule has 0 saturated heterocycles. The Morgan fingerprint density at radius 1 is 1.57 bits per heavy atom. The van der Waals surface area contributed by atoms with E-state index in [2.05, 4.69) is 9.72 Å². The Kier molecular flexibility index (Phi) is 2.86. The van der Waals surface area contributed by atoms with Gasteiger partial charge in [0.2, 0.25) is 0 Å². The SMILES string of the molecule is COC(=O)[C@@](C)(N)c1cncc(C)c1. The summed E-state index contributed by atoms with van der Waals surface area (Å²) in [6.07, 6.45) is 3.28. The summed E-state index contributed by atoms with van der Waals surface area (Å²) in [6, 6.07) is 1.82. The highest BCUT2D eigenvalue weighted by Gasteiger charge is 2.31. The summed E-state index contributed by atoms with van der Waals surface area (Å²) in [5.74, 6) is -0.468. The number of rotatable bonds is 2. The molecule has 0 aliphatic heterocycles. The summed E-state index contributed by atoms with van der Waals surface area (Å²) in [6.45, 7) is 3.50. The van der Waals surface area contributed by atoms with Crippen molar-refractivity contribution in [1.82, 2.24) is 4.98 Å². The highest BCUT2D eigenvalue weighted by molar-refractivity contribution is 5.81. The Morgan fingerprint density at radius 3 is 2.71 bits per heavy atom. The Balaban J connectivity index is 3.09. The first-order valence-electron chi connectivity index (χ1n) is 4.28. The molecule has 0 unspecified atom stereocenters. The molecule has 0 bridgehead atoms. The summed E-state index contributed by atoms with van der Waals surface area (Å²) in [4.78, 5) is 15.3. The van der Waals surface area contributed by atoms with Gasteiger partial charge in [0, 0.05) is 18.0 Å². The maximum atomic E-state index is 11.4. The standard InChI is InChI=1S/C10H14N2O2/c1-7-4-8(6-12-5-7)10(2,11)9(13)14-3/h4-6H,11H2,1-3H3/t10-/m0/s1. The van der Waals surface area contributed by atoms with Gasteiger partial charge in [0.25, 0.3) is 0 Å². The first-order valence-corrected chi connectivity index (χ1v) is 4.28. The molecule has 1 atom stereocenters. The molecule has 4 heteroatoms. The molecular weight excluding hydrogens is 180 g/mol. The first-order chi connectivity index (χ1) is 6.48. The lowest BCUT2D eigenvalue weighted by Crippen LogP contribution is -2.42. The molecule has 0 aromatic carbocycles. The summed E-state index contributed by atoms with van der Waals surface area (Å²) in [5, 5.41) is 0. The van der Waals surface area contributed by atoms with E-state index in [4.69, 9.17) is 5.73 Å². The summed E-state index contributed by atoms with van der Waals surface area (Å²) in [7, 11) is 1.32. The Hall–Kier alpha value is -1.42. The smallest absolute Gasteiger partial charge is 0.330 e. The molecule has 0 fully saturated rings. The second kappa shape index (κ2) is 3.75. The van der Waals surface area contributed by atoms with Crippen LogP contribution >= 0.6 is 0 Å². The van der Waals surface area contributed by atoms with Crippen LogP contribution in [0.3, 0.4) is 0 Å². The largest absolute Gasteiger partial charge is 0.467 e. The van der Waals surface area contributed by atoms with Gasteiger partial charge in [-0.2, -0.15) is 0 Å². The number of aromatic nitrogens is 1. The highest BCUT2D eigenvalue weighted by Crippen LogP contribution is 2.18. The lowest BCUT2D eigenvalue weighted by atomic mass is 9.94. The maximum Gasteiger partial charge on any atom is 0.330 e. The van der Waals surface area contributed by atoms with Gasteiger partial charge in [0.05, 0.1) is 7.11 Å². The van der Waals surface area contributed by atoms with Crippen molar-refractivity contribution in [3.8, 4) is 0 Å². The number of ether oxygens (including phenoxy) is 1. The van der Waals surface area contributed by atoms with E-state index >= 15 is 0 Å². The number of methoxy groups -OCH3 is 1. The first kappa shape index (κ1) is 10.7. The number of carbonyl (C=O) groups is 1. The fourth-order valence-electron chi connectivity index (χ4n) is 1.17. The Bertz CT molecular complexity index is 348. The molecule has 2 N–H and O–H groups in total. The van der Waals surface area contributed by atoms with Crippen LogP contribution in [0.2, 0.25) is 0 Å². The molecule has 1 aromatic rings. The van der Waals surface area contributed by atoms with Gasteiger partial charge >= 0.3 is 5.97 Å². The monoisotopic (exact) mass is 194 g/mol. The molecule has 14 heavy (non-hydrogen) atoms. The molecule has 1 aromatic heterocycles. The third kappa shape index (κ3) is 1.90. The van der Waals surface area contributed by atoms with Crippen LogP contribution in [0.1, 0.15) is 18.1 Å². The van der Waals surface area contributed by atoms with Crippen LogP contribution in [-0.4, -0.2) is 18.1 Å². The van der Waals surface area contributed by atoms with Crippen LogP contribution in [0.4, 0.5) is 0 Å². The van der Waals surface area contributed by atoms with E-state index in [1.165, 1.54) is 7.11 Å². The summed E-state index contributed by atoms with van der Waals surface area (Å²) in [5.41, 5.74) is 6.33. The molecule has 0 spiro atoms. The Labute approximate surface area is 83.1 Å². The van der Waals surface area contributed by atoms with E-state index < -0.39 is 11.5 Å². The molecule has 0 aliphatic rings. The number of hydrogen-bond donors (Lipinski definition) is 1. The summed E-state index contributed by atoms with van der Waals surface area (Å²) >= 11 is 0. The van der Waals surface area contributed by atoms with Crippen molar-refractivity contribution in [2.45, 2.75) is 19.4 Å². The van der Waals surface area contributed by atoms with Crippen LogP contribution < -0.4 is 5.73 Å². The van der Waals surface area contributed by atoms with Gasteiger partial charge in [0.15, 0.2) is 0 Å².